The van der Waals surface area contributed by atoms with Gasteiger partial charge in [0.1, 0.15) is 12.2 Å². The highest BCUT2D eigenvalue weighted by atomic mass is 15.4. The summed E-state index contributed by atoms with van der Waals surface area (Å²) in [7, 11) is 0. The molecule has 0 saturated heterocycles. The van der Waals surface area contributed by atoms with Gasteiger partial charge in [0.05, 0.1) is 6.54 Å². The SMILES string of the molecule is CCCC(C)NCc1ncnn1C(C)C. The Morgan fingerprint density at radius 3 is 2.73 bits per heavy atom. The molecule has 0 aliphatic rings. The first-order valence-electron chi connectivity index (χ1n) is 5.76. The lowest BCUT2D eigenvalue weighted by Crippen LogP contribution is -2.27. The fourth-order valence-electron chi connectivity index (χ4n) is 1.63. The van der Waals surface area contributed by atoms with Crippen LogP contribution in [-0.4, -0.2) is 20.8 Å². The molecule has 4 nitrogen and oxygen atoms in total. The first-order chi connectivity index (χ1) is 7.15. The van der Waals surface area contributed by atoms with E-state index < -0.39 is 0 Å². The Morgan fingerprint density at radius 1 is 1.40 bits per heavy atom. The molecule has 15 heavy (non-hydrogen) atoms. The van der Waals surface area contributed by atoms with Crippen molar-refractivity contribution in [3.8, 4) is 0 Å². The minimum atomic E-state index is 0.380. The van der Waals surface area contributed by atoms with E-state index in [1.807, 2.05) is 4.68 Å². The maximum atomic E-state index is 4.26. The molecule has 0 bridgehead atoms. The van der Waals surface area contributed by atoms with Crippen LogP contribution in [0.4, 0.5) is 0 Å². The van der Waals surface area contributed by atoms with Crippen LogP contribution in [0.3, 0.4) is 0 Å². The van der Waals surface area contributed by atoms with Gasteiger partial charge in [-0.2, -0.15) is 5.10 Å². The fraction of sp³-hybridized carbons (Fsp3) is 0.818. The molecule has 1 unspecified atom stereocenters. The molecule has 0 radical (unpaired) electrons. The molecule has 1 atom stereocenters. The fourth-order valence-corrected chi connectivity index (χ4v) is 1.63. The van der Waals surface area contributed by atoms with Crippen LogP contribution in [0.1, 0.15) is 52.4 Å². The number of aromatic nitrogens is 3. The van der Waals surface area contributed by atoms with Crippen molar-refractivity contribution in [3.63, 3.8) is 0 Å². The zero-order chi connectivity index (χ0) is 11.3. The predicted molar refractivity (Wildman–Crippen MR) is 61.6 cm³/mol. The number of rotatable bonds is 6. The van der Waals surface area contributed by atoms with Gasteiger partial charge in [-0.05, 0) is 27.2 Å². The lowest BCUT2D eigenvalue weighted by atomic mass is 10.2. The monoisotopic (exact) mass is 210 g/mol. The van der Waals surface area contributed by atoms with Crippen molar-refractivity contribution in [3.05, 3.63) is 12.2 Å². The van der Waals surface area contributed by atoms with E-state index in [4.69, 9.17) is 0 Å². The van der Waals surface area contributed by atoms with Crippen molar-refractivity contribution in [2.24, 2.45) is 0 Å². The molecule has 0 saturated carbocycles. The van der Waals surface area contributed by atoms with Gasteiger partial charge in [-0.15, -0.1) is 0 Å². The number of hydrogen-bond acceptors (Lipinski definition) is 3. The van der Waals surface area contributed by atoms with Gasteiger partial charge in [0.15, 0.2) is 0 Å². The Bertz CT molecular complexity index is 280. The summed E-state index contributed by atoms with van der Waals surface area (Å²) in [4.78, 5) is 4.26. The molecule has 1 aromatic heterocycles. The van der Waals surface area contributed by atoms with E-state index in [1.165, 1.54) is 12.8 Å². The lowest BCUT2D eigenvalue weighted by Gasteiger charge is -2.14. The van der Waals surface area contributed by atoms with Gasteiger partial charge in [0.2, 0.25) is 0 Å². The molecule has 86 valence electrons. The van der Waals surface area contributed by atoms with Crippen LogP contribution in [-0.2, 0) is 6.54 Å². The molecule has 0 amide bonds. The van der Waals surface area contributed by atoms with E-state index in [0.717, 1.165) is 12.4 Å². The lowest BCUT2D eigenvalue weighted by molar-refractivity contribution is 0.456. The van der Waals surface area contributed by atoms with Gasteiger partial charge in [0.25, 0.3) is 0 Å². The van der Waals surface area contributed by atoms with Gasteiger partial charge < -0.3 is 5.32 Å². The van der Waals surface area contributed by atoms with E-state index in [0.29, 0.717) is 12.1 Å². The zero-order valence-electron chi connectivity index (χ0n) is 10.2. The van der Waals surface area contributed by atoms with Crippen LogP contribution in [0.5, 0.6) is 0 Å². The molecular weight excluding hydrogens is 188 g/mol. The summed E-state index contributed by atoms with van der Waals surface area (Å²) in [6.45, 7) is 9.45. The second-order valence-corrected chi connectivity index (χ2v) is 4.29. The highest BCUT2D eigenvalue weighted by Crippen LogP contribution is 2.05. The van der Waals surface area contributed by atoms with E-state index in [1.54, 1.807) is 6.33 Å². The van der Waals surface area contributed by atoms with Crippen molar-refractivity contribution in [1.82, 2.24) is 20.1 Å². The molecule has 1 heterocycles. The molecule has 1 rings (SSSR count). The summed E-state index contributed by atoms with van der Waals surface area (Å²) < 4.78 is 1.96. The second-order valence-electron chi connectivity index (χ2n) is 4.29. The van der Waals surface area contributed by atoms with E-state index in [-0.39, 0.29) is 0 Å². The topological polar surface area (TPSA) is 42.7 Å². The molecule has 0 aliphatic carbocycles. The van der Waals surface area contributed by atoms with Crippen LogP contribution >= 0.6 is 0 Å². The Kier molecular flexibility index (Phi) is 4.75. The third-order valence-corrected chi connectivity index (χ3v) is 2.47. The standard InChI is InChI=1S/C11H22N4/c1-5-6-10(4)12-7-11-13-8-14-15(11)9(2)3/h8-10,12H,5-7H2,1-4H3. The van der Waals surface area contributed by atoms with Crippen LogP contribution in [0.15, 0.2) is 6.33 Å². The maximum absolute atomic E-state index is 4.26. The van der Waals surface area contributed by atoms with Gasteiger partial charge in [-0.25, -0.2) is 9.67 Å². The normalized spacial score (nSPS) is 13.4. The summed E-state index contributed by atoms with van der Waals surface area (Å²) in [5, 5.41) is 7.66. The first-order valence-corrected chi connectivity index (χ1v) is 5.76. The predicted octanol–water partition coefficient (Wildman–Crippen LogP) is 2.14. The first kappa shape index (κ1) is 12.2. The Morgan fingerprint density at radius 2 is 2.13 bits per heavy atom. The Hall–Kier alpha value is -0.900. The summed E-state index contributed by atoms with van der Waals surface area (Å²) in [5.41, 5.74) is 0. The summed E-state index contributed by atoms with van der Waals surface area (Å²) in [5.74, 6) is 1.02. The number of nitrogens with zero attached hydrogens (tertiary/aromatic N) is 3. The molecule has 0 fully saturated rings. The van der Waals surface area contributed by atoms with Crippen LogP contribution in [0, 0.1) is 0 Å². The van der Waals surface area contributed by atoms with Gasteiger partial charge in [-0.1, -0.05) is 13.3 Å². The average molecular weight is 210 g/mol. The van der Waals surface area contributed by atoms with Crippen molar-refractivity contribution in [2.75, 3.05) is 0 Å². The Balaban J connectivity index is 2.46. The van der Waals surface area contributed by atoms with Gasteiger partial charge in [0, 0.05) is 12.1 Å². The van der Waals surface area contributed by atoms with Crippen LogP contribution in [0.25, 0.3) is 0 Å². The van der Waals surface area contributed by atoms with Crippen molar-refractivity contribution in [2.45, 2.75) is 59.2 Å². The van der Waals surface area contributed by atoms with E-state index in [2.05, 4.69) is 43.1 Å². The van der Waals surface area contributed by atoms with Gasteiger partial charge >= 0.3 is 0 Å². The largest absolute Gasteiger partial charge is 0.307 e. The minimum absolute atomic E-state index is 0.380. The highest BCUT2D eigenvalue weighted by molar-refractivity contribution is 4.86. The number of nitrogens with one attached hydrogen (secondary N) is 1. The molecule has 0 spiro atoms. The molecule has 0 aliphatic heterocycles. The summed E-state index contributed by atoms with van der Waals surface area (Å²) in [6, 6.07) is 0.929. The molecule has 0 aromatic carbocycles. The molecule has 1 N–H and O–H groups in total. The van der Waals surface area contributed by atoms with Crippen LogP contribution in [0.2, 0.25) is 0 Å². The third kappa shape index (κ3) is 3.63. The highest BCUT2D eigenvalue weighted by Gasteiger charge is 2.08. The third-order valence-electron chi connectivity index (χ3n) is 2.47. The summed E-state index contributed by atoms with van der Waals surface area (Å²) >= 11 is 0. The van der Waals surface area contributed by atoms with Crippen molar-refractivity contribution in [1.29, 1.82) is 0 Å². The number of hydrogen-bond donors (Lipinski definition) is 1. The van der Waals surface area contributed by atoms with E-state index >= 15 is 0 Å². The van der Waals surface area contributed by atoms with Gasteiger partial charge in [-0.3, -0.25) is 0 Å². The molecular formula is C11H22N4. The molecule has 1 aromatic rings. The van der Waals surface area contributed by atoms with Crippen molar-refractivity contribution < 1.29 is 0 Å². The molecule has 4 heteroatoms. The average Bonchev–Trinajstić information content (AvgIpc) is 2.63. The smallest absolute Gasteiger partial charge is 0.141 e. The minimum Gasteiger partial charge on any atom is -0.307 e. The van der Waals surface area contributed by atoms with E-state index in [9.17, 15) is 0 Å². The van der Waals surface area contributed by atoms with Crippen molar-refractivity contribution >= 4 is 0 Å². The Labute approximate surface area is 92.1 Å². The maximum Gasteiger partial charge on any atom is 0.141 e. The second kappa shape index (κ2) is 5.85. The van der Waals surface area contributed by atoms with Crippen LogP contribution < -0.4 is 5.32 Å². The zero-order valence-corrected chi connectivity index (χ0v) is 10.2. The quantitative estimate of drug-likeness (QED) is 0.782. The summed E-state index contributed by atoms with van der Waals surface area (Å²) in [6.07, 6.45) is 4.04.